The molecular weight excluding hydrogens is 512 g/mol. The molecular formula is C28H31F6NO3. The van der Waals surface area contributed by atoms with E-state index in [1.807, 2.05) is 0 Å². The van der Waals surface area contributed by atoms with Gasteiger partial charge in [0.05, 0.1) is 17.9 Å². The normalized spacial score (nSPS) is 28.8. The Morgan fingerprint density at radius 2 is 1.55 bits per heavy atom. The van der Waals surface area contributed by atoms with Gasteiger partial charge in [-0.05, 0) is 73.8 Å². The van der Waals surface area contributed by atoms with Crippen molar-refractivity contribution < 1.29 is 41.0 Å². The summed E-state index contributed by atoms with van der Waals surface area (Å²) in [6.07, 6.45) is -6.11. The summed E-state index contributed by atoms with van der Waals surface area (Å²) in [5.74, 6) is -2.97. The predicted molar refractivity (Wildman–Crippen MR) is 129 cm³/mol. The summed E-state index contributed by atoms with van der Waals surface area (Å²) in [5, 5.41) is 9.97. The van der Waals surface area contributed by atoms with E-state index in [0.29, 0.717) is 24.8 Å². The number of benzene rings is 2. The molecule has 2 aromatic carbocycles. The summed E-state index contributed by atoms with van der Waals surface area (Å²) in [5.41, 5.74) is -0.171. The number of carboxylic acids is 1. The molecule has 1 aliphatic carbocycles. The van der Waals surface area contributed by atoms with Crippen molar-refractivity contribution in [2.45, 2.75) is 94.9 Å². The molecule has 3 fully saturated rings. The Hall–Kier alpha value is -2.49. The van der Waals surface area contributed by atoms with Crippen LogP contribution < -0.4 is 4.74 Å². The van der Waals surface area contributed by atoms with E-state index in [1.54, 1.807) is 18.2 Å². The molecule has 208 valence electrons. The number of alkyl halides is 6. The van der Waals surface area contributed by atoms with Crippen LogP contribution in [-0.4, -0.2) is 40.3 Å². The van der Waals surface area contributed by atoms with Crippen LogP contribution in [0.4, 0.5) is 26.3 Å². The lowest BCUT2D eigenvalue weighted by Crippen LogP contribution is -2.52. The lowest BCUT2D eigenvalue weighted by atomic mass is 9.78. The number of hydrogen-bond acceptors (Lipinski definition) is 3. The minimum Gasteiger partial charge on any atom is -0.490 e. The number of aliphatic carboxylic acids is 1. The zero-order valence-electron chi connectivity index (χ0n) is 20.8. The Labute approximate surface area is 216 Å². The standard InChI is InChI=1S/C28H31F6NO3/c29-27(30,31)18-7-9-21(10-8-18)38-24-12-11-22-16(3-1-6-23(22)25(24)28(32,33)34)15-35-19-4-2-5-20(35)14-17(13-19)26(36)37/h1,3,6,11-12,17-21H,2,4-5,7-10,13-15H2,(H,36,37). The van der Waals surface area contributed by atoms with Crippen molar-refractivity contribution in [3.05, 3.63) is 41.5 Å². The van der Waals surface area contributed by atoms with Crippen LogP contribution in [0.5, 0.6) is 5.75 Å². The molecule has 2 saturated heterocycles. The third-order valence-corrected chi connectivity index (χ3v) is 8.66. The smallest absolute Gasteiger partial charge is 0.420 e. The number of halogens is 6. The molecule has 2 unspecified atom stereocenters. The van der Waals surface area contributed by atoms with Crippen molar-refractivity contribution in [2.75, 3.05) is 0 Å². The summed E-state index contributed by atoms with van der Waals surface area (Å²) in [4.78, 5) is 13.9. The van der Waals surface area contributed by atoms with Gasteiger partial charge in [-0.25, -0.2) is 0 Å². The highest BCUT2D eigenvalue weighted by atomic mass is 19.4. The number of nitrogens with zero attached hydrogens (tertiary/aromatic N) is 1. The summed E-state index contributed by atoms with van der Waals surface area (Å²) in [6, 6.07) is 7.86. The quantitative estimate of drug-likeness (QED) is 0.395. The average molecular weight is 544 g/mol. The number of ether oxygens (including phenoxy) is 1. The van der Waals surface area contributed by atoms with E-state index < -0.39 is 41.8 Å². The van der Waals surface area contributed by atoms with Crippen molar-refractivity contribution in [2.24, 2.45) is 11.8 Å². The number of rotatable bonds is 5. The predicted octanol–water partition coefficient (Wildman–Crippen LogP) is 7.58. The summed E-state index contributed by atoms with van der Waals surface area (Å²) in [6.45, 7) is 0.429. The number of piperidine rings is 2. The first-order valence-corrected chi connectivity index (χ1v) is 13.3. The highest BCUT2D eigenvalue weighted by Gasteiger charge is 2.43. The Kier molecular flexibility index (Phi) is 7.30. The van der Waals surface area contributed by atoms with Crippen LogP contribution in [0.3, 0.4) is 0 Å². The molecule has 0 aromatic heterocycles. The average Bonchev–Trinajstić information content (AvgIpc) is 2.82. The first-order valence-electron chi connectivity index (χ1n) is 13.3. The van der Waals surface area contributed by atoms with Gasteiger partial charge >= 0.3 is 18.3 Å². The van der Waals surface area contributed by atoms with E-state index in [-0.39, 0.29) is 48.9 Å². The van der Waals surface area contributed by atoms with E-state index >= 15 is 0 Å². The first kappa shape index (κ1) is 27.1. The summed E-state index contributed by atoms with van der Waals surface area (Å²) < 4.78 is 87.8. The number of carbonyl (C=O) groups is 1. The first-order chi connectivity index (χ1) is 17.9. The number of carboxylic acid groups (broad SMARTS) is 1. The summed E-state index contributed by atoms with van der Waals surface area (Å²) >= 11 is 0. The molecule has 1 N–H and O–H groups in total. The van der Waals surface area contributed by atoms with Crippen molar-refractivity contribution >= 4 is 16.7 Å². The second-order valence-electron chi connectivity index (χ2n) is 11.0. The Morgan fingerprint density at radius 1 is 0.895 bits per heavy atom. The van der Waals surface area contributed by atoms with Gasteiger partial charge in [0.25, 0.3) is 0 Å². The summed E-state index contributed by atoms with van der Waals surface area (Å²) in [7, 11) is 0. The fraction of sp³-hybridized carbons (Fsp3) is 0.607. The Morgan fingerprint density at radius 3 is 2.13 bits per heavy atom. The Bertz CT molecular complexity index is 1160. The van der Waals surface area contributed by atoms with Gasteiger partial charge in [-0.2, -0.15) is 26.3 Å². The van der Waals surface area contributed by atoms with Crippen LogP contribution in [0.15, 0.2) is 30.3 Å². The molecule has 3 aliphatic rings. The minimum absolute atomic E-state index is 0.00191. The fourth-order valence-corrected chi connectivity index (χ4v) is 6.75. The van der Waals surface area contributed by atoms with Crippen molar-refractivity contribution in [3.8, 4) is 5.75 Å². The molecule has 0 radical (unpaired) electrons. The largest absolute Gasteiger partial charge is 0.490 e. The van der Waals surface area contributed by atoms with Gasteiger partial charge in [0.1, 0.15) is 11.3 Å². The molecule has 10 heteroatoms. The van der Waals surface area contributed by atoms with Crippen LogP contribution in [-0.2, 0) is 17.5 Å². The molecule has 2 heterocycles. The van der Waals surface area contributed by atoms with Crippen LogP contribution in [0, 0.1) is 11.8 Å². The molecule has 4 nitrogen and oxygen atoms in total. The van der Waals surface area contributed by atoms with Crippen molar-refractivity contribution in [1.29, 1.82) is 0 Å². The fourth-order valence-electron chi connectivity index (χ4n) is 6.75. The molecule has 38 heavy (non-hydrogen) atoms. The Balaban J connectivity index is 1.41. The molecule has 2 atom stereocenters. The van der Waals surface area contributed by atoms with Gasteiger partial charge in [0.2, 0.25) is 0 Å². The lowest BCUT2D eigenvalue weighted by molar-refractivity contribution is -0.185. The second-order valence-corrected chi connectivity index (χ2v) is 11.0. The number of fused-ring (bicyclic) bond motifs is 3. The second kappa shape index (κ2) is 10.2. The van der Waals surface area contributed by atoms with Gasteiger partial charge in [-0.1, -0.05) is 30.7 Å². The van der Waals surface area contributed by atoms with Gasteiger partial charge < -0.3 is 9.84 Å². The molecule has 5 rings (SSSR count). The maximum atomic E-state index is 14.4. The number of hydrogen-bond donors (Lipinski definition) is 1. The maximum Gasteiger partial charge on any atom is 0.420 e. The third kappa shape index (κ3) is 5.46. The van der Waals surface area contributed by atoms with Crippen LogP contribution in [0.2, 0.25) is 0 Å². The van der Waals surface area contributed by atoms with E-state index in [1.165, 1.54) is 12.1 Å². The van der Waals surface area contributed by atoms with Gasteiger partial charge in [-0.15, -0.1) is 0 Å². The van der Waals surface area contributed by atoms with E-state index in [0.717, 1.165) is 24.8 Å². The highest BCUT2D eigenvalue weighted by Crippen LogP contribution is 2.45. The third-order valence-electron chi connectivity index (χ3n) is 8.66. The SMILES string of the molecule is O=C(O)C1CC2CCCC(C1)N2Cc1cccc2c(C(F)(F)F)c(OC3CCC(C(F)(F)F)CC3)ccc12. The molecule has 2 bridgehead atoms. The molecule has 1 saturated carbocycles. The zero-order chi connectivity index (χ0) is 27.2. The maximum absolute atomic E-state index is 14.4. The van der Waals surface area contributed by atoms with Crippen molar-refractivity contribution in [1.82, 2.24) is 4.90 Å². The molecule has 2 aromatic rings. The zero-order valence-corrected chi connectivity index (χ0v) is 20.8. The van der Waals surface area contributed by atoms with Crippen molar-refractivity contribution in [3.63, 3.8) is 0 Å². The lowest BCUT2D eigenvalue weighted by Gasteiger charge is -2.48. The van der Waals surface area contributed by atoms with Crippen LogP contribution in [0.25, 0.3) is 10.8 Å². The highest BCUT2D eigenvalue weighted by molar-refractivity contribution is 5.91. The van der Waals surface area contributed by atoms with Crippen LogP contribution in [0.1, 0.15) is 68.9 Å². The van der Waals surface area contributed by atoms with E-state index in [9.17, 15) is 36.2 Å². The van der Waals surface area contributed by atoms with E-state index in [2.05, 4.69) is 4.90 Å². The molecule has 2 aliphatic heterocycles. The van der Waals surface area contributed by atoms with E-state index in [4.69, 9.17) is 4.74 Å². The molecule has 0 spiro atoms. The van der Waals surface area contributed by atoms with Gasteiger partial charge in [-0.3, -0.25) is 9.69 Å². The van der Waals surface area contributed by atoms with Crippen LogP contribution >= 0.6 is 0 Å². The van der Waals surface area contributed by atoms with Gasteiger partial charge in [0.15, 0.2) is 0 Å². The topological polar surface area (TPSA) is 49.8 Å². The minimum atomic E-state index is -4.72. The van der Waals surface area contributed by atoms with Gasteiger partial charge in [0, 0.05) is 18.6 Å². The molecule has 0 amide bonds. The monoisotopic (exact) mass is 543 g/mol.